The van der Waals surface area contributed by atoms with Gasteiger partial charge in [0.1, 0.15) is 6.10 Å². The van der Waals surface area contributed by atoms with Gasteiger partial charge in [-0.25, -0.2) is 0 Å². The first-order chi connectivity index (χ1) is 4.18. The fraction of sp³-hybridized carbons (Fsp3) is 0.800. The Morgan fingerprint density at radius 3 is 2.67 bits per heavy atom. The zero-order chi connectivity index (χ0) is 7.28. The Morgan fingerprint density at radius 1 is 1.78 bits per heavy atom. The van der Waals surface area contributed by atoms with Crippen LogP contribution in [0.25, 0.3) is 0 Å². The molecule has 0 spiro atoms. The Labute approximate surface area is 62.4 Å². The summed E-state index contributed by atoms with van der Waals surface area (Å²) in [5.74, 6) is -0.643. The number of amides is 1. The first-order valence-electron chi connectivity index (χ1n) is 2.72. The molecule has 0 aliphatic carbocycles. The fourth-order valence-electron chi connectivity index (χ4n) is 0.413. The van der Waals surface area contributed by atoms with E-state index in [-0.39, 0.29) is 0 Å². The van der Waals surface area contributed by atoms with Crippen molar-refractivity contribution in [1.82, 2.24) is 0 Å². The van der Waals surface area contributed by atoms with E-state index in [1.807, 2.05) is 0 Å². The molecule has 1 atom stereocenters. The van der Waals surface area contributed by atoms with Crippen LogP contribution in [0.2, 0.25) is 0 Å². The van der Waals surface area contributed by atoms with Crippen molar-refractivity contribution in [3.8, 4) is 0 Å². The summed E-state index contributed by atoms with van der Waals surface area (Å²) in [5.41, 5.74) is 4.77. The number of aliphatic hydroxyl groups excluding tert-OH is 1. The normalized spacial score (nSPS) is 13.1. The molecule has 0 aliphatic heterocycles. The molecule has 0 saturated heterocycles. The summed E-state index contributed by atoms with van der Waals surface area (Å²) >= 11 is 3.16. The first kappa shape index (κ1) is 8.91. The van der Waals surface area contributed by atoms with Crippen molar-refractivity contribution in [2.75, 3.05) is 5.33 Å². The highest BCUT2D eigenvalue weighted by molar-refractivity contribution is 9.09. The number of alkyl halides is 1. The van der Waals surface area contributed by atoms with E-state index in [1.165, 1.54) is 0 Å². The molecular formula is C5H10BrNO2. The van der Waals surface area contributed by atoms with Crippen molar-refractivity contribution >= 4 is 21.8 Å². The minimum atomic E-state index is -0.970. The molecular weight excluding hydrogens is 186 g/mol. The lowest BCUT2D eigenvalue weighted by molar-refractivity contribution is -0.126. The molecule has 0 aromatic rings. The zero-order valence-corrected chi connectivity index (χ0v) is 6.60. The smallest absolute Gasteiger partial charge is 0.246 e. The molecule has 0 aromatic heterocycles. The molecule has 0 aliphatic rings. The summed E-state index contributed by atoms with van der Waals surface area (Å²) < 4.78 is 0. The number of rotatable bonds is 4. The molecule has 54 valence electrons. The summed E-state index contributed by atoms with van der Waals surface area (Å²) in [5, 5.41) is 9.55. The molecule has 1 amide bonds. The molecule has 0 fully saturated rings. The Bertz CT molecular complexity index is 97.0. The molecule has 0 saturated carbocycles. The van der Waals surface area contributed by atoms with E-state index in [4.69, 9.17) is 10.8 Å². The number of hydrogen-bond acceptors (Lipinski definition) is 2. The molecule has 0 heterocycles. The highest BCUT2D eigenvalue weighted by Crippen LogP contribution is 1.98. The highest BCUT2D eigenvalue weighted by Gasteiger charge is 2.08. The first-order valence-corrected chi connectivity index (χ1v) is 3.84. The van der Waals surface area contributed by atoms with E-state index in [9.17, 15) is 4.79 Å². The molecule has 3 nitrogen and oxygen atoms in total. The van der Waals surface area contributed by atoms with E-state index < -0.39 is 12.0 Å². The van der Waals surface area contributed by atoms with Gasteiger partial charge in [0, 0.05) is 5.33 Å². The van der Waals surface area contributed by atoms with E-state index in [0.717, 1.165) is 11.8 Å². The van der Waals surface area contributed by atoms with Crippen molar-refractivity contribution in [1.29, 1.82) is 0 Å². The van der Waals surface area contributed by atoms with Gasteiger partial charge in [0.15, 0.2) is 0 Å². The zero-order valence-electron chi connectivity index (χ0n) is 5.01. The SMILES string of the molecule is NC(=O)C(O)CCCBr. The Hall–Kier alpha value is -0.0900. The summed E-state index contributed by atoms with van der Waals surface area (Å²) in [4.78, 5) is 10.2. The standard InChI is InChI=1S/C5H10BrNO2/c6-3-1-2-4(8)5(7)9/h4,8H,1-3H2,(H2,7,9). The molecule has 4 heteroatoms. The summed E-state index contributed by atoms with van der Waals surface area (Å²) in [6.07, 6.45) is 0.243. The van der Waals surface area contributed by atoms with Crippen LogP contribution in [0.4, 0.5) is 0 Å². The topological polar surface area (TPSA) is 63.3 Å². The van der Waals surface area contributed by atoms with Crippen LogP contribution in [0.15, 0.2) is 0 Å². The number of halogens is 1. The average molecular weight is 196 g/mol. The molecule has 1 unspecified atom stereocenters. The third-order valence-corrected chi connectivity index (χ3v) is 1.50. The quantitative estimate of drug-likeness (QED) is 0.622. The second-order valence-electron chi connectivity index (χ2n) is 1.75. The van der Waals surface area contributed by atoms with E-state index in [2.05, 4.69) is 15.9 Å². The van der Waals surface area contributed by atoms with Gasteiger partial charge in [-0.3, -0.25) is 4.79 Å². The van der Waals surface area contributed by atoms with E-state index >= 15 is 0 Å². The third kappa shape index (κ3) is 4.42. The van der Waals surface area contributed by atoms with E-state index in [1.54, 1.807) is 0 Å². The van der Waals surface area contributed by atoms with Crippen LogP contribution in [-0.4, -0.2) is 22.4 Å². The predicted molar refractivity (Wildman–Crippen MR) is 38.2 cm³/mol. The van der Waals surface area contributed by atoms with Crippen LogP contribution in [-0.2, 0) is 4.79 Å². The van der Waals surface area contributed by atoms with Crippen molar-refractivity contribution in [2.45, 2.75) is 18.9 Å². The van der Waals surface area contributed by atoms with Crippen LogP contribution >= 0.6 is 15.9 Å². The Kier molecular flexibility index (Phi) is 4.71. The van der Waals surface area contributed by atoms with Crippen LogP contribution in [0.3, 0.4) is 0 Å². The second kappa shape index (κ2) is 4.76. The minimum absolute atomic E-state index is 0.445. The monoisotopic (exact) mass is 195 g/mol. The molecule has 0 radical (unpaired) electrons. The number of carbonyl (C=O) groups excluding carboxylic acids is 1. The van der Waals surface area contributed by atoms with Gasteiger partial charge in [0.25, 0.3) is 0 Å². The maximum Gasteiger partial charge on any atom is 0.246 e. The molecule has 0 aromatic carbocycles. The van der Waals surface area contributed by atoms with Gasteiger partial charge < -0.3 is 10.8 Å². The number of hydrogen-bond donors (Lipinski definition) is 2. The second-order valence-corrected chi connectivity index (χ2v) is 2.54. The predicted octanol–water partition coefficient (Wildman–Crippen LogP) is 0.00770. The lowest BCUT2D eigenvalue weighted by Crippen LogP contribution is -2.27. The van der Waals surface area contributed by atoms with Gasteiger partial charge in [0.05, 0.1) is 0 Å². The van der Waals surface area contributed by atoms with Crippen LogP contribution in [0.1, 0.15) is 12.8 Å². The molecule has 0 bridgehead atoms. The van der Waals surface area contributed by atoms with E-state index in [0.29, 0.717) is 6.42 Å². The minimum Gasteiger partial charge on any atom is -0.383 e. The van der Waals surface area contributed by atoms with Gasteiger partial charge in [-0.15, -0.1) is 0 Å². The molecule has 3 N–H and O–H groups in total. The summed E-state index contributed by atoms with van der Waals surface area (Å²) in [7, 11) is 0. The Balaban J connectivity index is 3.27. The average Bonchev–Trinajstić information content (AvgIpc) is 1.82. The van der Waals surface area contributed by atoms with Crippen LogP contribution in [0.5, 0.6) is 0 Å². The Morgan fingerprint density at radius 2 is 2.33 bits per heavy atom. The molecule has 0 rings (SSSR count). The van der Waals surface area contributed by atoms with Crippen molar-refractivity contribution < 1.29 is 9.90 Å². The van der Waals surface area contributed by atoms with Crippen molar-refractivity contribution in [3.05, 3.63) is 0 Å². The largest absolute Gasteiger partial charge is 0.383 e. The van der Waals surface area contributed by atoms with Gasteiger partial charge in [-0.1, -0.05) is 15.9 Å². The molecule has 9 heavy (non-hydrogen) atoms. The number of aliphatic hydroxyl groups is 1. The number of nitrogens with two attached hydrogens (primary N) is 1. The fourth-order valence-corrected chi connectivity index (χ4v) is 0.736. The number of primary amides is 1. The van der Waals surface area contributed by atoms with Gasteiger partial charge in [-0.05, 0) is 12.8 Å². The lowest BCUT2D eigenvalue weighted by atomic mass is 10.2. The lowest BCUT2D eigenvalue weighted by Gasteiger charge is -2.02. The summed E-state index contributed by atoms with van der Waals surface area (Å²) in [6.45, 7) is 0. The highest BCUT2D eigenvalue weighted by atomic mass is 79.9. The number of carbonyl (C=O) groups is 1. The van der Waals surface area contributed by atoms with Crippen LogP contribution < -0.4 is 5.73 Å². The summed E-state index contributed by atoms with van der Waals surface area (Å²) in [6, 6.07) is 0. The van der Waals surface area contributed by atoms with Crippen LogP contribution in [0, 0.1) is 0 Å². The van der Waals surface area contributed by atoms with Gasteiger partial charge in [0.2, 0.25) is 5.91 Å². The maximum atomic E-state index is 10.2. The van der Waals surface area contributed by atoms with Gasteiger partial charge in [-0.2, -0.15) is 0 Å². The third-order valence-electron chi connectivity index (χ3n) is 0.940. The van der Waals surface area contributed by atoms with Crippen molar-refractivity contribution in [3.63, 3.8) is 0 Å². The van der Waals surface area contributed by atoms with Crippen molar-refractivity contribution in [2.24, 2.45) is 5.73 Å². The van der Waals surface area contributed by atoms with Gasteiger partial charge >= 0.3 is 0 Å². The maximum absolute atomic E-state index is 10.2.